The van der Waals surface area contributed by atoms with E-state index in [9.17, 15) is 9.90 Å². The SMILES string of the molecule is Cc1ncoc1COc1ccc2c(c1Cl)CCC(C[C@@H](O)CNC(=O)OC(C)(C)C)C2. The number of carbonyl (C=O) groups excluding carboxylic acids is 1. The molecule has 0 fully saturated rings. The molecule has 0 aliphatic heterocycles. The molecule has 1 heterocycles. The second-order valence-electron chi connectivity index (χ2n) is 9.05. The summed E-state index contributed by atoms with van der Waals surface area (Å²) in [7, 11) is 0. The van der Waals surface area contributed by atoms with Crippen LogP contribution < -0.4 is 10.1 Å². The fraction of sp³-hybridized carbons (Fsp3) is 0.565. The van der Waals surface area contributed by atoms with Gasteiger partial charge >= 0.3 is 6.09 Å². The van der Waals surface area contributed by atoms with Crippen molar-refractivity contribution in [1.82, 2.24) is 10.3 Å². The van der Waals surface area contributed by atoms with Crippen molar-refractivity contribution in [1.29, 1.82) is 0 Å². The predicted molar refractivity (Wildman–Crippen MR) is 117 cm³/mol. The van der Waals surface area contributed by atoms with Crippen molar-refractivity contribution in [3.05, 3.63) is 46.1 Å². The van der Waals surface area contributed by atoms with Gasteiger partial charge in [0.15, 0.2) is 12.2 Å². The Morgan fingerprint density at radius 2 is 2.19 bits per heavy atom. The van der Waals surface area contributed by atoms with Gasteiger partial charge in [0.1, 0.15) is 18.0 Å². The largest absolute Gasteiger partial charge is 0.484 e. The molecule has 0 saturated carbocycles. The summed E-state index contributed by atoms with van der Waals surface area (Å²) in [6.45, 7) is 7.74. The Morgan fingerprint density at radius 3 is 2.87 bits per heavy atom. The summed E-state index contributed by atoms with van der Waals surface area (Å²) in [5, 5.41) is 13.6. The molecule has 3 rings (SSSR count). The number of nitrogens with zero attached hydrogens (tertiary/aromatic N) is 1. The van der Waals surface area contributed by atoms with Crippen molar-refractivity contribution in [2.24, 2.45) is 5.92 Å². The van der Waals surface area contributed by atoms with Gasteiger partial charge in [-0.05, 0) is 76.5 Å². The van der Waals surface area contributed by atoms with Gasteiger partial charge in [-0.25, -0.2) is 9.78 Å². The van der Waals surface area contributed by atoms with Crippen LogP contribution in [0.5, 0.6) is 5.75 Å². The van der Waals surface area contributed by atoms with Gasteiger partial charge in [0.2, 0.25) is 0 Å². The fourth-order valence-electron chi connectivity index (χ4n) is 3.77. The summed E-state index contributed by atoms with van der Waals surface area (Å²) in [6.07, 6.45) is 3.45. The number of fused-ring (bicyclic) bond motifs is 1. The first-order valence-corrected chi connectivity index (χ1v) is 11.0. The first-order chi connectivity index (χ1) is 14.6. The Balaban J connectivity index is 1.52. The van der Waals surface area contributed by atoms with E-state index in [0.29, 0.717) is 28.9 Å². The number of ether oxygens (including phenoxy) is 2. The summed E-state index contributed by atoms with van der Waals surface area (Å²) in [5.74, 6) is 1.64. The molecule has 2 N–H and O–H groups in total. The average molecular weight is 451 g/mol. The van der Waals surface area contributed by atoms with E-state index in [1.807, 2.05) is 19.1 Å². The minimum atomic E-state index is -0.623. The Hall–Kier alpha value is -2.25. The molecule has 0 bridgehead atoms. The molecule has 2 atom stereocenters. The number of oxazole rings is 1. The summed E-state index contributed by atoms with van der Waals surface area (Å²) in [6, 6.07) is 3.93. The zero-order valence-electron chi connectivity index (χ0n) is 18.5. The molecule has 0 spiro atoms. The number of carbonyl (C=O) groups is 1. The molecule has 1 amide bonds. The van der Waals surface area contributed by atoms with Crippen molar-refractivity contribution < 1.29 is 23.8 Å². The number of hydrogen-bond acceptors (Lipinski definition) is 6. The van der Waals surface area contributed by atoms with Gasteiger partial charge < -0.3 is 24.3 Å². The number of hydrogen-bond donors (Lipinski definition) is 2. The van der Waals surface area contributed by atoms with Crippen LogP contribution in [0.4, 0.5) is 4.79 Å². The zero-order valence-corrected chi connectivity index (χ0v) is 19.3. The number of aliphatic hydroxyl groups excluding tert-OH is 1. The second-order valence-corrected chi connectivity index (χ2v) is 9.42. The Labute approximate surface area is 188 Å². The fourth-order valence-corrected chi connectivity index (χ4v) is 4.10. The number of halogens is 1. The Kier molecular flexibility index (Phi) is 7.49. The topological polar surface area (TPSA) is 93.8 Å². The van der Waals surface area contributed by atoms with E-state index in [4.69, 9.17) is 25.5 Å². The molecule has 1 aliphatic rings. The van der Waals surface area contributed by atoms with E-state index < -0.39 is 17.8 Å². The van der Waals surface area contributed by atoms with Gasteiger partial charge in [-0.15, -0.1) is 0 Å². The molecule has 170 valence electrons. The Morgan fingerprint density at radius 1 is 1.42 bits per heavy atom. The number of aliphatic hydroxyl groups is 1. The van der Waals surface area contributed by atoms with Crippen LogP contribution in [0, 0.1) is 12.8 Å². The maximum atomic E-state index is 11.8. The molecule has 2 aromatic rings. The number of aryl methyl sites for hydroxylation is 1. The van der Waals surface area contributed by atoms with Gasteiger partial charge in [-0.3, -0.25) is 0 Å². The molecule has 1 unspecified atom stereocenters. The van der Waals surface area contributed by atoms with Gasteiger partial charge in [-0.2, -0.15) is 0 Å². The molecule has 8 heteroatoms. The van der Waals surface area contributed by atoms with Crippen LogP contribution in [0.15, 0.2) is 22.9 Å². The molecular formula is C23H31ClN2O5. The van der Waals surface area contributed by atoms with Crippen LogP contribution >= 0.6 is 11.6 Å². The molecule has 0 radical (unpaired) electrons. The number of benzene rings is 1. The number of nitrogens with one attached hydrogen (secondary N) is 1. The van der Waals surface area contributed by atoms with Crippen LogP contribution in [-0.4, -0.2) is 34.4 Å². The maximum Gasteiger partial charge on any atom is 0.407 e. The highest BCUT2D eigenvalue weighted by molar-refractivity contribution is 6.33. The third-order valence-corrected chi connectivity index (χ3v) is 5.72. The lowest BCUT2D eigenvalue weighted by Crippen LogP contribution is -2.37. The quantitative estimate of drug-likeness (QED) is 0.640. The van der Waals surface area contributed by atoms with Gasteiger partial charge in [0.25, 0.3) is 0 Å². The first kappa shape index (κ1) is 23.4. The Bertz CT molecular complexity index is 906. The van der Waals surface area contributed by atoms with Crippen LogP contribution in [0.25, 0.3) is 0 Å². The molecule has 1 aromatic heterocycles. The van der Waals surface area contributed by atoms with E-state index in [0.717, 1.165) is 30.5 Å². The van der Waals surface area contributed by atoms with Gasteiger partial charge in [0.05, 0.1) is 16.8 Å². The van der Waals surface area contributed by atoms with Crippen LogP contribution in [-0.2, 0) is 24.2 Å². The number of alkyl carbamates (subject to hydrolysis) is 1. The highest BCUT2D eigenvalue weighted by Gasteiger charge is 2.25. The van der Waals surface area contributed by atoms with Crippen molar-refractivity contribution in [3.63, 3.8) is 0 Å². The minimum Gasteiger partial charge on any atom is -0.484 e. The first-order valence-electron chi connectivity index (χ1n) is 10.6. The summed E-state index contributed by atoms with van der Waals surface area (Å²) >= 11 is 6.62. The van der Waals surface area contributed by atoms with E-state index in [-0.39, 0.29) is 13.2 Å². The van der Waals surface area contributed by atoms with E-state index in [2.05, 4.69) is 10.3 Å². The lowest BCUT2D eigenvalue weighted by Gasteiger charge is -2.28. The van der Waals surface area contributed by atoms with Crippen LogP contribution in [0.2, 0.25) is 5.02 Å². The third-order valence-electron chi connectivity index (χ3n) is 5.31. The average Bonchev–Trinajstić information content (AvgIpc) is 3.09. The van der Waals surface area contributed by atoms with E-state index in [1.54, 1.807) is 20.8 Å². The van der Waals surface area contributed by atoms with Gasteiger partial charge in [0, 0.05) is 6.54 Å². The number of aromatic nitrogens is 1. The monoisotopic (exact) mass is 450 g/mol. The molecule has 31 heavy (non-hydrogen) atoms. The molecule has 7 nitrogen and oxygen atoms in total. The van der Waals surface area contributed by atoms with E-state index >= 15 is 0 Å². The summed E-state index contributed by atoms with van der Waals surface area (Å²) < 4.78 is 16.4. The van der Waals surface area contributed by atoms with Crippen LogP contribution in [0.1, 0.15) is 56.2 Å². The highest BCUT2D eigenvalue weighted by Crippen LogP contribution is 2.38. The standard InChI is InChI=1S/C23H31ClN2O5/c1-14-20(30-13-26-14)12-29-19-8-6-16-9-15(5-7-18(16)21(19)24)10-17(27)11-25-22(28)31-23(2,3)4/h6,8,13,15,17,27H,5,7,9-12H2,1-4H3,(H,25,28)/t15?,17-/m1/s1. The molecule has 0 saturated heterocycles. The van der Waals surface area contributed by atoms with E-state index in [1.165, 1.54) is 12.0 Å². The predicted octanol–water partition coefficient (Wildman–Crippen LogP) is 4.60. The zero-order chi connectivity index (χ0) is 22.6. The minimum absolute atomic E-state index is 0.173. The normalized spacial score (nSPS) is 17.0. The van der Waals surface area contributed by atoms with Crippen LogP contribution in [0.3, 0.4) is 0 Å². The van der Waals surface area contributed by atoms with Crippen molar-refractivity contribution >= 4 is 17.7 Å². The third kappa shape index (κ3) is 6.61. The lowest BCUT2D eigenvalue weighted by molar-refractivity contribution is 0.0478. The van der Waals surface area contributed by atoms with Crippen molar-refractivity contribution in [2.45, 2.75) is 71.7 Å². The number of amides is 1. The van der Waals surface area contributed by atoms with Gasteiger partial charge in [-0.1, -0.05) is 17.7 Å². The second kappa shape index (κ2) is 9.92. The smallest absolute Gasteiger partial charge is 0.407 e. The number of rotatable bonds is 7. The maximum absolute atomic E-state index is 11.8. The van der Waals surface area contributed by atoms with Crippen molar-refractivity contribution in [2.75, 3.05) is 6.54 Å². The molecule has 1 aromatic carbocycles. The molecule has 1 aliphatic carbocycles. The summed E-state index contributed by atoms with van der Waals surface area (Å²) in [4.78, 5) is 15.8. The lowest BCUT2D eigenvalue weighted by atomic mass is 9.81. The highest BCUT2D eigenvalue weighted by atomic mass is 35.5. The van der Waals surface area contributed by atoms with Crippen molar-refractivity contribution in [3.8, 4) is 5.75 Å². The molecular weight excluding hydrogens is 420 g/mol. The summed E-state index contributed by atoms with van der Waals surface area (Å²) in [5.41, 5.74) is 2.52.